The van der Waals surface area contributed by atoms with Gasteiger partial charge in [-0.15, -0.1) is 0 Å². The Hall–Kier alpha value is -0.580. The van der Waals surface area contributed by atoms with E-state index in [1.165, 1.54) is 34.0 Å². The molecule has 1 unspecified atom stereocenters. The average molecular weight is 343 g/mol. The summed E-state index contributed by atoms with van der Waals surface area (Å²) in [6, 6.07) is 6.77. The molecule has 17 heavy (non-hydrogen) atoms. The molecule has 1 aromatic rings. The van der Waals surface area contributed by atoms with Gasteiger partial charge in [-0.25, -0.2) is 0 Å². The van der Waals surface area contributed by atoms with Crippen molar-refractivity contribution < 1.29 is 4.79 Å². The van der Waals surface area contributed by atoms with Crippen molar-refractivity contribution in [1.29, 1.82) is 0 Å². The number of amides is 1. The SMILES string of the molecule is CC(=O)NCCC1CCCc2ccc(I)cc21. The van der Waals surface area contributed by atoms with Crippen molar-refractivity contribution in [3.8, 4) is 0 Å². The quantitative estimate of drug-likeness (QED) is 0.839. The number of carbonyl (C=O) groups is 1. The maximum Gasteiger partial charge on any atom is 0.216 e. The van der Waals surface area contributed by atoms with Crippen molar-refractivity contribution in [3.05, 3.63) is 32.9 Å². The fraction of sp³-hybridized carbons (Fsp3) is 0.500. The van der Waals surface area contributed by atoms with Gasteiger partial charge in [0.1, 0.15) is 0 Å². The van der Waals surface area contributed by atoms with Crippen LogP contribution in [0.25, 0.3) is 0 Å². The normalized spacial score (nSPS) is 18.6. The Kier molecular flexibility index (Phi) is 4.42. The molecule has 1 amide bonds. The summed E-state index contributed by atoms with van der Waals surface area (Å²) in [7, 11) is 0. The number of carbonyl (C=O) groups excluding carboxylic acids is 1. The second kappa shape index (κ2) is 5.85. The summed E-state index contributed by atoms with van der Waals surface area (Å²) in [4.78, 5) is 10.9. The van der Waals surface area contributed by atoms with Crippen molar-refractivity contribution in [2.24, 2.45) is 0 Å². The maximum atomic E-state index is 10.9. The van der Waals surface area contributed by atoms with Crippen LogP contribution in [-0.2, 0) is 11.2 Å². The molecule has 92 valence electrons. The molecule has 1 aliphatic rings. The molecule has 2 nitrogen and oxygen atoms in total. The van der Waals surface area contributed by atoms with Crippen molar-refractivity contribution in [2.75, 3.05) is 6.54 Å². The van der Waals surface area contributed by atoms with E-state index >= 15 is 0 Å². The first-order valence-corrected chi connectivity index (χ1v) is 7.27. The van der Waals surface area contributed by atoms with E-state index in [4.69, 9.17) is 0 Å². The van der Waals surface area contributed by atoms with Gasteiger partial charge < -0.3 is 5.32 Å². The highest BCUT2D eigenvalue weighted by Crippen LogP contribution is 2.34. The van der Waals surface area contributed by atoms with E-state index in [1.807, 2.05) is 0 Å². The van der Waals surface area contributed by atoms with Gasteiger partial charge in [0.2, 0.25) is 5.91 Å². The van der Waals surface area contributed by atoms with Gasteiger partial charge in [-0.3, -0.25) is 4.79 Å². The number of fused-ring (bicyclic) bond motifs is 1. The summed E-state index contributed by atoms with van der Waals surface area (Å²) in [6.07, 6.45) is 4.81. The Balaban J connectivity index is 2.05. The molecule has 1 aromatic carbocycles. The lowest BCUT2D eigenvalue weighted by Gasteiger charge is -2.25. The molecule has 1 aliphatic carbocycles. The minimum Gasteiger partial charge on any atom is -0.356 e. The van der Waals surface area contributed by atoms with Gasteiger partial charge in [0.15, 0.2) is 0 Å². The predicted octanol–water partition coefficient (Wildman–Crippen LogP) is 3.24. The zero-order valence-electron chi connectivity index (χ0n) is 10.1. The average Bonchev–Trinajstić information content (AvgIpc) is 2.29. The highest BCUT2D eigenvalue weighted by molar-refractivity contribution is 14.1. The molecule has 0 bridgehead atoms. The number of halogens is 1. The lowest BCUT2D eigenvalue weighted by atomic mass is 9.81. The summed E-state index contributed by atoms with van der Waals surface area (Å²) in [5, 5.41) is 2.90. The molecule has 0 saturated carbocycles. The zero-order valence-corrected chi connectivity index (χ0v) is 12.3. The lowest BCUT2D eigenvalue weighted by molar-refractivity contribution is -0.118. The van der Waals surface area contributed by atoms with Gasteiger partial charge in [0, 0.05) is 17.0 Å². The molecule has 1 atom stereocenters. The molecular weight excluding hydrogens is 325 g/mol. The van der Waals surface area contributed by atoms with Crippen LogP contribution in [0.2, 0.25) is 0 Å². The summed E-state index contributed by atoms with van der Waals surface area (Å²) in [5.74, 6) is 0.698. The third kappa shape index (κ3) is 3.44. The van der Waals surface area contributed by atoms with E-state index in [-0.39, 0.29) is 5.91 Å². The van der Waals surface area contributed by atoms with Gasteiger partial charge in [-0.2, -0.15) is 0 Å². The molecule has 2 rings (SSSR count). The van der Waals surface area contributed by atoms with Gasteiger partial charge in [-0.1, -0.05) is 6.07 Å². The van der Waals surface area contributed by atoms with E-state index in [0.717, 1.165) is 13.0 Å². The first-order valence-electron chi connectivity index (χ1n) is 6.19. The fourth-order valence-corrected chi connectivity index (χ4v) is 3.11. The van der Waals surface area contributed by atoms with E-state index in [2.05, 4.69) is 46.1 Å². The third-order valence-corrected chi connectivity index (χ3v) is 4.08. The molecular formula is C14H18INO. The van der Waals surface area contributed by atoms with E-state index < -0.39 is 0 Å². The standard InChI is InChI=1S/C14H18INO/c1-10(17)16-8-7-12-4-2-3-11-5-6-13(15)9-14(11)12/h5-6,9,12H,2-4,7-8H2,1H3,(H,16,17). The molecule has 0 aliphatic heterocycles. The summed E-state index contributed by atoms with van der Waals surface area (Å²) < 4.78 is 1.31. The summed E-state index contributed by atoms with van der Waals surface area (Å²) in [6.45, 7) is 2.38. The number of hydrogen-bond acceptors (Lipinski definition) is 1. The van der Waals surface area contributed by atoms with Crippen molar-refractivity contribution >= 4 is 28.5 Å². The Morgan fingerprint density at radius 1 is 1.53 bits per heavy atom. The third-order valence-electron chi connectivity index (χ3n) is 3.41. The van der Waals surface area contributed by atoms with Crippen molar-refractivity contribution in [1.82, 2.24) is 5.32 Å². The van der Waals surface area contributed by atoms with Crippen LogP contribution in [0.15, 0.2) is 18.2 Å². The second-order valence-corrected chi connectivity index (χ2v) is 5.95. The topological polar surface area (TPSA) is 29.1 Å². The molecule has 0 saturated heterocycles. The Bertz CT molecular complexity index is 417. The largest absolute Gasteiger partial charge is 0.356 e. The highest BCUT2D eigenvalue weighted by Gasteiger charge is 2.19. The van der Waals surface area contributed by atoms with Crippen LogP contribution >= 0.6 is 22.6 Å². The van der Waals surface area contributed by atoms with Gasteiger partial charge in [-0.05, 0) is 77.5 Å². The smallest absolute Gasteiger partial charge is 0.216 e. The van der Waals surface area contributed by atoms with Gasteiger partial charge in [0.25, 0.3) is 0 Å². The maximum absolute atomic E-state index is 10.9. The first-order chi connectivity index (χ1) is 8.16. The Morgan fingerprint density at radius 3 is 3.12 bits per heavy atom. The summed E-state index contributed by atoms with van der Waals surface area (Å²) in [5.41, 5.74) is 3.01. The van der Waals surface area contributed by atoms with Crippen molar-refractivity contribution in [2.45, 2.75) is 38.5 Å². The van der Waals surface area contributed by atoms with E-state index in [0.29, 0.717) is 5.92 Å². The van der Waals surface area contributed by atoms with Gasteiger partial charge in [0.05, 0.1) is 0 Å². The monoisotopic (exact) mass is 343 g/mol. The highest BCUT2D eigenvalue weighted by atomic mass is 127. The Morgan fingerprint density at radius 2 is 2.35 bits per heavy atom. The number of nitrogens with one attached hydrogen (secondary N) is 1. The first kappa shape index (κ1) is 12.9. The molecule has 0 fully saturated rings. The predicted molar refractivity (Wildman–Crippen MR) is 78.1 cm³/mol. The van der Waals surface area contributed by atoms with Crippen molar-refractivity contribution in [3.63, 3.8) is 0 Å². The number of rotatable bonds is 3. The van der Waals surface area contributed by atoms with Gasteiger partial charge >= 0.3 is 0 Å². The molecule has 0 heterocycles. The van der Waals surface area contributed by atoms with E-state index in [9.17, 15) is 4.79 Å². The van der Waals surface area contributed by atoms with Crippen LogP contribution in [0.1, 0.15) is 43.2 Å². The van der Waals surface area contributed by atoms with E-state index in [1.54, 1.807) is 6.92 Å². The number of benzene rings is 1. The minimum absolute atomic E-state index is 0.0728. The van der Waals surface area contributed by atoms with Crippen LogP contribution in [0.3, 0.4) is 0 Å². The summed E-state index contributed by atoms with van der Waals surface area (Å²) >= 11 is 2.37. The number of aryl methyl sites for hydroxylation is 1. The van der Waals surface area contributed by atoms with Crippen LogP contribution in [0.5, 0.6) is 0 Å². The minimum atomic E-state index is 0.0728. The molecule has 0 aromatic heterocycles. The molecule has 0 spiro atoms. The molecule has 1 N–H and O–H groups in total. The Labute approximate surface area is 116 Å². The zero-order chi connectivity index (χ0) is 12.3. The van der Waals surface area contributed by atoms with Crippen LogP contribution in [0.4, 0.5) is 0 Å². The molecule has 3 heteroatoms. The van der Waals surface area contributed by atoms with Crippen LogP contribution in [-0.4, -0.2) is 12.5 Å². The van der Waals surface area contributed by atoms with Crippen LogP contribution in [0, 0.1) is 3.57 Å². The number of hydrogen-bond donors (Lipinski definition) is 1. The van der Waals surface area contributed by atoms with Crippen LogP contribution < -0.4 is 5.32 Å². The molecule has 0 radical (unpaired) electrons. The lowest BCUT2D eigenvalue weighted by Crippen LogP contribution is -2.23. The second-order valence-electron chi connectivity index (χ2n) is 4.70. The fourth-order valence-electron chi connectivity index (χ4n) is 2.59.